The number of Topliss-reactive ketones (excluding diaryl/α,β-unsaturated/α-hetero) is 3. The number of unbranched alkanes of at least 4 members (excludes halogenated alkanes) is 1. The molecule has 0 radical (unpaired) electrons. The van der Waals surface area contributed by atoms with Gasteiger partial charge in [0.1, 0.15) is 29.1 Å². The molecule has 0 saturated carbocycles. The van der Waals surface area contributed by atoms with Crippen LogP contribution < -0.4 is 51.9 Å². The van der Waals surface area contributed by atoms with Crippen LogP contribution >= 0.6 is 34.9 Å². The number of H-pyrrole nitrogens is 1. The van der Waals surface area contributed by atoms with E-state index < -0.39 is 29.5 Å². The number of fused-ring (bicyclic) bond motifs is 9. The number of rotatable bonds is 22. The molecule has 118 heavy (non-hydrogen) atoms. The highest BCUT2D eigenvalue weighted by Gasteiger charge is 2.32. The van der Waals surface area contributed by atoms with Crippen LogP contribution in [0.5, 0.6) is 0 Å². The number of aromatic nitrogens is 12. The first-order valence-corrected chi connectivity index (χ1v) is 48.6. The lowest BCUT2D eigenvalue weighted by atomic mass is 10.1. The van der Waals surface area contributed by atoms with Gasteiger partial charge in [0.25, 0.3) is 0 Å². The van der Waals surface area contributed by atoms with Crippen molar-refractivity contribution in [2.24, 2.45) is 39.7 Å². The first kappa shape index (κ1) is 93.6. The molecule has 8 aliphatic heterocycles. The average Bonchev–Trinajstić information content (AvgIpc) is 1.63. The standard InChI is InChI=1S/C17H26N6O2S2.C16H24N6O2S2.C15H24N4O3S.C12H19N3O.C11H18N4O.C5H8.C2H6N2S/c1-18-17-20-15-13-12-19-21(2)16(13)23(7-4-14(15)26-17)6-3-5-22-8-10-27(24,25)11-9-22;1-17-16-19-14-12-11-18-20-15(12)22(6-3-13(14)25-16)5-2-4-21-7-9-26(23,24)10-8-21;1-17-15-13(12-16-17)14(20)4-2-6-19(15)7-3-5-18-8-10-23(21,22)11-9-18;1-3-4-7-15-8-5-6-11(16)10-9-13-14(2)12(10)15;1-14-11-9(8-13-14)10(16)4-2-6-15(11)7-3-5-12;1-3-5-4-2;1-4-2(3)5/h12H,3-11H2,1-2H3,(H,18,20);11H,2-10H2,1H3,(H,17,19)(H,18,20);12H,2-11H2,1H3;9H,3-8H2,1-2H3;8H,2-7,12H2,1H3;3-4H,1-2,5H2;1H3,(H3,3,4,5). The Hall–Kier alpha value is -8.22. The van der Waals surface area contributed by atoms with Crippen LogP contribution in [0.2, 0.25) is 0 Å². The summed E-state index contributed by atoms with van der Waals surface area (Å²) < 4.78 is 76.5. The second-order valence-corrected chi connectivity index (χ2v) is 39.7. The van der Waals surface area contributed by atoms with Crippen molar-refractivity contribution in [3.63, 3.8) is 0 Å². The Morgan fingerprint density at radius 2 is 0.805 bits per heavy atom. The van der Waals surface area contributed by atoms with Crippen molar-refractivity contribution < 1.29 is 39.6 Å². The first-order valence-electron chi connectivity index (χ1n) is 41.1. The SMILES string of the molecule is C=CCC=C.CCCCN1CCCC(=O)c2cnn(C)c21.CNC(N)=S.CNc1nc2c(s1)CCN(CCCN1CCS(=O)(=O)CC1)c1[nH]ncc1-2.CNc1nc2c(s1)CCN(CCCN1CCS(=O)(=O)CC1)c1c-2cnn1C.Cn1ncc2c1N(CCCN)CCCC2=O.Cn1ncc2c1N(CCCN1CCS(=O)(=O)CC1)CCCC2=O. The lowest BCUT2D eigenvalue weighted by Gasteiger charge is -2.29. The van der Waals surface area contributed by atoms with Crippen molar-refractivity contribution in [2.45, 2.75) is 103 Å². The maximum atomic E-state index is 12.1. The fraction of sp³-hybridized carbons (Fsp3) is 0.628. The van der Waals surface area contributed by atoms with Crippen LogP contribution in [0.15, 0.2) is 56.3 Å². The molecular formula is C78H125N25O9S6. The number of allylic oxidation sites excluding steroid dienone is 2. The van der Waals surface area contributed by atoms with Crippen molar-refractivity contribution in [2.75, 3.05) is 222 Å². The lowest BCUT2D eigenvalue weighted by Crippen LogP contribution is -2.41. The minimum atomic E-state index is -2.81. The Morgan fingerprint density at radius 1 is 0.475 bits per heavy atom. The molecule has 7 aromatic rings. The van der Waals surface area contributed by atoms with E-state index in [4.69, 9.17) is 21.4 Å². The van der Waals surface area contributed by atoms with E-state index in [1.165, 1.54) is 22.6 Å². The van der Waals surface area contributed by atoms with Crippen LogP contribution in [0, 0.1) is 0 Å². The van der Waals surface area contributed by atoms with E-state index in [0.717, 1.165) is 228 Å². The van der Waals surface area contributed by atoms with Crippen molar-refractivity contribution in [3.8, 4) is 22.5 Å². The second-order valence-electron chi connectivity index (χ2n) is 30.2. The number of nitrogens with two attached hydrogens (primary N) is 2. The van der Waals surface area contributed by atoms with E-state index in [1.54, 1.807) is 57.7 Å². The molecule has 0 aromatic carbocycles. The van der Waals surface area contributed by atoms with E-state index >= 15 is 0 Å². The number of aryl methyl sites for hydroxylation is 4. The van der Waals surface area contributed by atoms with E-state index in [9.17, 15) is 39.6 Å². The molecular weight excluding hydrogens is 1620 g/mol. The summed E-state index contributed by atoms with van der Waals surface area (Å²) in [5.41, 5.74) is 17.0. The molecule has 3 fully saturated rings. The van der Waals surface area contributed by atoms with Crippen molar-refractivity contribution in [1.82, 2.24) is 79.3 Å². The van der Waals surface area contributed by atoms with Crippen LogP contribution in [0.4, 0.5) is 39.4 Å². The first-order chi connectivity index (χ1) is 56.6. The molecule has 8 aliphatic rings. The monoisotopic (exact) mass is 1750 g/mol. The Balaban J connectivity index is 0.000000165. The maximum absolute atomic E-state index is 12.1. The number of nitrogens with one attached hydrogen (secondary N) is 4. The van der Waals surface area contributed by atoms with Gasteiger partial charge in [-0.1, -0.05) is 25.5 Å². The summed E-state index contributed by atoms with van der Waals surface area (Å²) in [5.74, 6) is 7.40. The van der Waals surface area contributed by atoms with Gasteiger partial charge in [0, 0.05) is 196 Å². The van der Waals surface area contributed by atoms with E-state index in [2.05, 4.69) is 118 Å². The highest BCUT2D eigenvalue weighted by atomic mass is 32.2. The minimum absolute atomic E-state index is 0.178. The Bertz CT molecular complexity index is 4670. The van der Waals surface area contributed by atoms with Crippen LogP contribution in [0.3, 0.4) is 0 Å². The Labute approximate surface area is 710 Å². The number of thiazole rings is 2. The largest absolute Gasteiger partial charge is 0.376 e. The number of nitrogens with zero attached hydrogens (tertiary/aromatic N) is 19. The number of carbonyl (C=O) groups excluding carboxylic acids is 3. The highest BCUT2D eigenvalue weighted by molar-refractivity contribution is 7.92. The number of carbonyl (C=O) groups is 3. The molecule has 15 heterocycles. The third-order valence-electron chi connectivity index (χ3n) is 21.7. The molecule has 0 amide bonds. The third-order valence-corrected chi connectivity index (χ3v) is 29.0. The number of hydrogen-bond acceptors (Lipinski definition) is 30. The number of anilines is 7. The fourth-order valence-electron chi connectivity index (χ4n) is 15.3. The summed E-state index contributed by atoms with van der Waals surface area (Å²) >= 11 is 7.79. The van der Waals surface area contributed by atoms with E-state index in [0.29, 0.717) is 93.2 Å². The predicted molar refractivity (Wildman–Crippen MR) is 480 cm³/mol. The summed E-state index contributed by atoms with van der Waals surface area (Å²) in [6, 6.07) is 0. The molecule has 40 heteroatoms. The molecule has 0 unspecified atom stereocenters. The van der Waals surface area contributed by atoms with Crippen LogP contribution in [0.1, 0.15) is 131 Å². The molecule has 652 valence electrons. The molecule has 7 aromatic heterocycles. The topological polar surface area (TPSA) is 393 Å². The third kappa shape index (κ3) is 26.4. The predicted octanol–water partition coefficient (Wildman–Crippen LogP) is 6.20. The highest BCUT2D eigenvalue weighted by Crippen LogP contribution is 2.41. The van der Waals surface area contributed by atoms with E-state index in [1.807, 2.05) is 76.2 Å². The molecule has 3 saturated heterocycles. The zero-order valence-electron chi connectivity index (χ0n) is 70.2. The van der Waals surface area contributed by atoms with Gasteiger partial charge in [-0.05, 0) is 96.2 Å². The smallest absolute Gasteiger partial charge is 0.183 e. The maximum Gasteiger partial charge on any atom is 0.183 e. The molecule has 8 N–H and O–H groups in total. The summed E-state index contributed by atoms with van der Waals surface area (Å²) in [7, 11) is 4.71. The number of aromatic amines is 1. The van der Waals surface area contributed by atoms with Crippen LogP contribution in [0.25, 0.3) is 22.5 Å². The van der Waals surface area contributed by atoms with Crippen molar-refractivity contribution >= 4 is 126 Å². The normalized spacial score (nSPS) is 18.0. The quantitative estimate of drug-likeness (QED) is 0.0325. The number of hydrogen-bond donors (Lipinski definition) is 6. The second kappa shape index (κ2) is 45.4. The number of ketones is 3. The van der Waals surface area contributed by atoms with Gasteiger partial charge in [0.2, 0.25) is 0 Å². The van der Waals surface area contributed by atoms with Gasteiger partial charge >= 0.3 is 0 Å². The van der Waals surface area contributed by atoms with Gasteiger partial charge in [0.15, 0.2) is 62.2 Å². The molecule has 15 rings (SSSR count). The Kier molecular flexibility index (Phi) is 36.1. The van der Waals surface area contributed by atoms with Crippen molar-refractivity contribution in [1.29, 1.82) is 0 Å². The van der Waals surface area contributed by atoms with Gasteiger partial charge < -0.3 is 66.6 Å². The van der Waals surface area contributed by atoms with Crippen LogP contribution in [-0.2, 0) is 70.5 Å². The number of thiocarbonyl (C=S) groups is 1. The van der Waals surface area contributed by atoms with Crippen LogP contribution in [-0.4, -0.2) is 308 Å². The van der Waals surface area contributed by atoms with Crippen molar-refractivity contribution in [3.05, 3.63) is 82.7 Å². The van der Waals surface area contributed by atoms with Gasteiger partial charge in [-0.25, -0.2) is 35.2 Å². The summed E-state index contributed by atoms with van der Waals surface area (Å²) in [6.45, 7) is 25.8. The Morgan fingerprint density at radius 3 is 1.15 bits per heavy atom. The zero-order chi connectivity index (χ0) is 85.1. The molecule has 0 spiro atoms. The molecule has 0 atom stereocenters. The zero-order valence-corrected chi connectivity index (χ0v) is 75.1. The van der Waals surface area contributed by atoms with Gasteiger partial charge in [0.05, 0.1) is 105 Å². The minimum Gasteiger partial charge on any atom is -0.376 e. The lowest BCUT2D eigenvalue weighted by molar-refractivity contribution is 0.0975. The van der Waals surface area contributed by atoms with Gasteiger partial charge in [-0.15, -0.1) is 35.8 Å². The molecule has 0 aliphatic carbocycles. The van der Waals surface area contributed by atoms with Gasteiger partial charge in [-0.3, -0.25) is 38.2 Å². The van der Waals surface area contributed by atoms with Gasteiger partial charge in [-0.2, -0.15) is 25.5 Å². The molecule has 34 nitrogen and oxygen atoms in total. The summed E-state index contributed by atoms with van der Waals surface area (Å²) in [4.78, 5) is 66.1. The molecule has 0 bridgehead atoms. The van der Waals surface area contributed by atoms with E-state index in [-0.39, 0.29) is 28.9 Å². The number of sulfone groups is 3. The average molecular weight is 1750 g/mol. The fourth-order valence-corrected chi connectivity index (χ4v) is 20.9. The summed E-state index contributed by atoms with van der Waals surface area (Å²) in [6.07, 6.45) is 26.2. The summed E-state index contributed by atoms with van der Waals surface area (Å²) in [5, 5.41) is 35.5.